The zero-order valence-corrected chi connectivity index (χ0v) is 13.4. The third-order valence-electron chi connectivity index (χ3n) is 4.36. The first kappa shape index (κ1) is 15.3. The fourth-order valence-corrected chi connectivity index (χ4v) is 2.94. The number of aryl methyl sites for hydroxylation is 1. The van der Waals surface area contributed by atoms with Crippen molar-refractivity contribution < 1.29 is 9.47 Å². The molecule has 22 heavy (non-hydrogen) atoms. The molecule has 0 radical (unpaired) electrons. The lowest BCUT2D eigenvalue weighted by molar-refractivity contribution is -0.0119. The molecule has 2 aliphatic rings. The van der Waals surface area contributed by atoms with Crippen LogP contribution in [-0.2, 0) is 11.2 Å². The van der Waals surface area contributed by atoms with E-state index in [0.717, 1.165) is 43.9 Å². The lowest BCUT2D eigenvalue weighted by Crippen LogP contribution is -2.26. The summed E-state index contributed by atoms with van der Waals surface area (Å²) in [4.78, 5) is 4.71. The van der Waals surface area contributed by atoms with Gasteiger partial charge in [-0.1, -0.05) is 29.9 Å². The van der Waals surface area contributed by atoms with Gasteiger partial charge in [-0.25, -0.2) is 4.98 Å². The molecule has 2 heterocycles. The van der Waals surface area contributed by atoms with Crippen molar-refractivity contribution in [2.75, 3.05) is 13.2 Å². The van der Waals surface area contributed by atoms with Crippen LogP contribution in [-0.4, -0.2) is 24.3 Å². The van der Waals surface area contributed by atoms with E-state index in [9.17, 15) is 0 Å². The SMILES string of the molecule is Cc1ccc(OCC2CCCCO2)nc1CC1=CC=CCC1. The van der Waals surface area contributed by atoms with Crippen molar-refractivity contribution in [3.05, 3.63) is 47.2 Å². The topological polar surface area (TPSA) is 31.4 Å². The Morgan fingerprint density at radius 1 is 1.32 bits per heavy atom. The second-order valence-electron chi connectivity index (χ2n) is 6.18. The number of ether oxygens (including phenoxy) is 2. The molecule has 0 spiro atoms. The maximum atomic E-state index is 5.86. The zero-order chi connectivity index (χ0) is 15.2. The minimum absolute atomic E-state index is 0.228. The first-order valence-electron chi connectivity index (χ1n) is 8.37. The molecule has 1 aliphatic carbocycles. The van der Waals surface area contributed by atoms with Crippen LogP contribution in [0.4, 0.5) is 0 Å². The summed E-state index contributed by atoms with van der Waals surface area (Å²) in [5.74, 6) is 0.724. The van der Waals surface area contributed by atoms with Crippen molar-refractivity contribution in [2.45, 2.75) is 51.6 Å². The van der Waals surface area contributed by atoms with Crippen molar-refractivity contribution in [1.82, 2.24) is 4.98 Å². The molecule has 0 aromatic carbocycles. The van der Waals surface area contributed by atoms with Crippen LogP contribution in [0.25, 0.3) is 0 Å². The molecule has 3 nitrogen and oxygen atoms in total. The minimum atomic E-state index is 0.228. The lowest BCUT2D eigenvalue weighted by atomic mass is 9.98. The summed E-state index contributed by atoms with van der Waals surface area (Å²) in [6, 6.07) is 4.08. The quantitative estimate of drug-likeness (QED) is 0.818. The van der Waals surface area contributed by atoms with Gasteiger partial charge in [0.25, 0.3) is 0 Å². The highest BCUT2D eigenvalue weighted by Crippen LogP contribution is 2.21. The van der Waals surface area contributed by atoms with Gasteiger partial charge in [0.15, 0.2) is 0 Å². The minimum Gasteiger partial charge on any atom is -0.475 e. The third kappa shape index (κ3) is 4.20. The number of aromatic nitrogens is 1. The molecule has 1 saturated heterocycles. The lowest BCUT2D eigenvalue weighted by Gasteiger charge is -2.22. The van der Waals surface area contributed by atoms with Gasteiger partial charge < -0.3 is 9.47 Å². The Bertz CT molecular complexity index is 557. The van der Waals surface area contributed by atoms with Crippen LogP contribution in [0.15, 0.2) is 35.9 Å². The van der Waals surface area contributed by atoms with Crippen LogP contribution < -0.4 is 4.74 Å². The van der Waals surface area contributed by atoms with E-state index < -0.39 is 0 Å². The molecule has 118 valence electrons. The van der Waals surface area contributed by atoms with Crippen molar-refractivity contribution in [3.8, 4) is 5.88 Å². The number of nitrogens with zero attached hydrogens (tertiary/aromatic N) is 1. The Labute approximate surface area is 133 Å². The van der Waals surface area contributed by atoms with E-state index in [4.69, 9.17) is 14.5 Å². The van der Waals surface area contributed by atoms with Crippen LogP contribution in [0.3, 0.4) is 0 Å². The summed E-state index contributed by atoms with van der Waals surface area (Å²) in [6.07, 6.45) is 13.5. The predicted octanol–water partition coefficient (Wildman–Crippen LogP) is 4.16. The molecule has 1 aromatic heterocycles. The van der Waals surface area contributed by atoms with E-state index in [1.54, 1.807) is 0 Å². The highest BCUT2D eigenvalue weighted by Gasteiger charge is 2.15. The summed E-state index contributed by atoms with van der Waals surface area (Å²) in [5, 5.41) is 0. The number of rotatable bonds is 5. The average Bonchev–Trinajstić information content (AvgIpc) is 2.57. The van der Waals surface area contributed by atoms with E-state index in [1.807, 2.05) is 6.07 Å². The third-order valence-corrected chi connectivity index (χ3v) is 4.36. The largest absolute Gasteiger partial charge is 0.475 e. The monoisotopic (exact) mass is 299 g/mol. The van der Waals surface area contributed by atoms with Crippen molar-refractivity contribution in [1.29, 1.82) is 0 Å². The van der Waals surface area contributed by atoms with E-state index in [-0.39, 0.29) is 6.10 Å². The van der Waals surface area contributed by atoms with Crippen LogP contribution in [0, 0.1) is 6.92 Å². The smallest absolute Gasteiger partial charge is 0.213 e. The fraction of sp³-hybridized carbons (Fsp3) is 0.526. The van der Waals surface area contributed by atoms with E-state index in [2.05, 4.69) is 31.2 Å². The van der Waals surface area contributed by atoms with Crippen LogP contribution in [0.2, 0.25) is 0 Å². The van der Waals surface area contributed by atoms with Gasteiger partial charge in [-0.05, 0) is 44.6 Å². The highest BCUT2D eigenvalue weighted by molar-refractivity contribution is 5.30. The number of hydrogen-bond acceptors (Lipinski definition) is 3. The molecule has 1 unspecified atom stereocenters. The molecule has 0 amide bonds. The van der Waals surface area contributed by atoms with Crippen molar-refractivity contribution >= 4 is 0 Å². The molecule has 0 saturated carbocycles. The highest BCUT2D eigenvalue weighted by atomic mass is 16.5. The zero-order valence-electron chi connectivity index (χ0n) is 13.4. The number of pyridine rings is 1. The standard InChI is InChI=1S/C19H25NO2/c1-15-10-11-19(22-14-17-9-5-6-12-21-17)20-18(15)13-16-7-3-2-4-8-16/h2-3,7,10-11,17H,4-6,8-9,12-14H2,1H3. The van der Waals surface area contributed by atoms with Crippen LogP contribution >= 0.6 is 0 Å². The van der Waals surface area contributed by atoms with E-state index in [0.29, 0.717) is 6.61 Å². The molecule has 1 aliphatic heterocycles. The fourth-order valence-electron chi connectivity index (χ4n) is 2.94. The molecule has 1 fully saturated rings. The molecule has 0 N–H and O–H groups in total. The Kier molecular flexibility index (Phi) is 5.28. The summed E-state index contributed by atoms with van der Waals surface area (Å²) in [5.41, 5.74) is 3.81. The molecule has 0 bridgehead atoms. The maximum absolute atomic E-state index is 5.86. The summed E-state index contributed by atoms with van der Waals surface area (Å²) >= 11 is 0. The first-order valence-corrected chi connectivity index (χ1v) is 8.37. The average molecular weight is 299 g/mol. The summed E-state index contributed by atoms with van der Waals surface area (Å²) < 4.78 is 11.6. The van der Waals surface area contributed by atoms with Gasteiger partial charge in [-0.3, -0.25) is 0 Å². The van der Waals surface area contributed by atoms with Gasteiger partial charge in [0.2, 0.25) is 5.88 Å². The van der Waals surface area contributed by atoms with Gasteiger partial charge in [0.1, 0.15) is 6.61 Å². The van der Waals surface area contributed by atoms with E-state index in [1.165, 1.54) is 24.0 Å². The van der Waals surface area contributed by atoms with Gasteiger partial charge in [0.05, 0.1) is 11.8 Å². The number of hydrogen-bond donors (Lipinski definition) is 0. The molecule has 3 heteroatoms. The Hall–Kier alpha value is -1.61. The Balaban J connectivity index is 1.61. The molecule has 1 atom stereocenters. The molecule has 3 rings (SSSR count). The first-order chi connectivity index (χ1) is 10.8. The van der Waals surface area contributed by atoms with Crippen LogP contribution in [0.1, 0.15) is 43.4 Å². The molecule has 1 aromatic rings. The van der Waals surface area contributed by atoms with E-state index >= 15 is 0 Å². The normalized spacial score (nSPS) is 21.5. The summed E-state index contributed by atoms with van der Waals surface area (Å²) in [6.45, 7) is 3.60. The Morgan fingerprint density at radius 3 is 3.05 bits per heavy atom. The maximum Gasteiger partial charge on any atom is 0.213 e. The van der Waals surface area contributed by atoms with Crippen molar-refractivity contribution in [3.63, 3.8) is 0 Å². The second-order valence-corrected chi connectivity index (χ2v) is 6.18. The molecular formula is C19H25NO2. The Morgan fingerprint density at radius 2 is 2.27 bits per heavy atom. The molecular weight excluding hydrogens is 274 g/mol. The van der Waals surface area contributed by atoms with Gasteiger partial charge >= 0.3 is 0 Å². The van der Waals surface area contributed by atoms with Crippen molar-refractivity contribution in [2.24, 2.45) is 0 Å². The number of allylic oxidation sites excluding steroid dienone is 4. The summed E-state index contributed by atoms with van der Waals surface area (Å²) in [7, 11) is 0. The van der Waals surface area contributed by atoms with Gasteiger partial charge in [-0.2, -0.15) is 0 Å². The predicted molar refractivity (Wildman–Crippen MR) is 88.2 cm³/mol. The van der Waals surface area contributed by atoms with Crippen LogP contribution in [0.5, 0.6) is 5.88 Å². The second kappa shape index (κ2) is 7.59. The van der Waals surface area contributed by atoms with Gasteiger partial charge in [0, 0.05) is 19.1 Å². The van der Waals surface area contributed by atoms with Gasteiger partial charge in [-0.15, -0.1) is 0 Å².